The second kappa shape index (κ2) is 3.13. The first-order valence-electron chi connectivity index (χ1n) is 5.41. The standard InChI is InChI=1S/C13H12N2/c14-9-10-5-6-15-12(7-10)8-11-3-1-2-4-13(11)15/h5-8H,1-4H2. The van der Waals surface area contributed by atoms with Gasteiger partial charge >= 0.3 is 0 Å². The van der Waals surface area contributed by atoms with Crippen LogP contribution < -0.4 is 0 Å². The highest BCUT2D eigenvalue weighted by molar-refractivity contribution is 5.57. The normalized spacial score (nSPS) is 14.9. The zero-order valence-corrected chi connectivity index (χ0v) is 8.53. The van der Waals surface area contributed by atoms with Crippen LogP contribution in [0.25, 0.3) is 5.52 Å². The predicted molar refractivity (Wildman–Crippen MR) is 58.8 cm³/mol. The van der Waals surface area contributed by atoms with Gasteiger partial charge in [-0.05, 0) is 49.4 Å². The topological polar surface area (TPSA) is 28.2 Å². The Labute approximate surface area is 88.8 Å². The van der Waals surface area contributed by atoms with Crippen molar-refractivity contribution in [2.75, 3.05) is 0 Å². The van der Waals surface area contributed by atoms with Crippen LogP contribution in [0.4, 0.5) is 0 Å². The monoisotopic (exact) mass is 196 g/mol. The van der Waals surface area contributed by atoms with Crippen LogP contribution in [0, 0.1) is 11.3 Å². The molecular weight excluding hydrogens is 184 g/mol. The lowest BCUT2D eigenvalue weighted by molar-refractivity contribution is 0.669. The van der Waals surface area contributed by atoms with E-state index in [1.54, 1.807) is 0 Å². The Morgan fingerprint density at radius 2 is 2.07 bits per heavy atom. The summed E-state index contributed by atoms with van der Waals surface area (Å²) in [5.74, 6) is 0. The van der Waals surface area contributed by atoms with Gasteiger partial charge in [0.2, 0.25) is 0 Å². The average Bonchev–Trinajstić information content (AvgIpc) is 2.66. The van der Waals surface area contributed by atoms with E-state index in [2.05, 4.69) is 16.5 Å². The molecule has 0 amide bonds. The lowest BCUT2D eigenvalue weighted by atomic mass is 9.98. The maximum absolute atomic E-state index is 8.84. The molecule has 2 aromatic heterocycles. The molecule has 15 heavy (non-hydrogen) atoms. The number of aromatic nitrogens is 1. The van der Waals surface area contributed by atoms with E-state index >= 15 is 0 Å². The van der Waals surface area contributed by atoms with Gasteiger partial charge in [-0.3, -0.25) is 0 Å². The maximum Gasteiger partial charge on any atom is 0.0992 e. The van der Waals surface area contributed by atoms with Crippen LogP contribution in [0.15, 0.2) is 24.4 Å². The highest BCUT2D eigenvalue weighted by atomic mass is 14.9. The lowest BCUT2D eigenvalue weighted by Gasteiger charge is -2.11. The van der Waals surface area contributed by atoms with E-state index in [9.17, 15) is 0 Å². The van der Waals surface area contributed by atoms with Crippen LogP contribution in [0.2, 0.25) is 0 Å². The van der Waals surface area contributed by atoms with Crippen molar-refractivity contribution in [1.29, 1.82) is 5.26 Å². The first-order chi connectivity index (χ1) is 7.38. The highest BCUT2D eigenvalue weighted by Crippen LogP contribution is 2.25. The van der Waals surface area contributed by atoms with Gasteiger partial charge < -0.3 is 4.40 Å². The molecule has 2 nitrogen and oxygen atoms in total. The van der Waals surface area contributed by atoms with Crippen molar-refractivity contribution in [3.63, 3.8) is 0 Å². The molecule has 0 aliphatic heterocycles. The predicted octanol–water partition coefficient (Wildman–Crippen LogP) is 2.69. The summed E-state index contributed by atoms with van der Waals surface area (Å²) in [7, 11) is 0. The van der Waals surface area contributed by atoms with Gasteiger partial charge in [-0.15, -0.1) is 0 Å². The summed E-state index contributed by atoms with van der Waals surface area (Å²) in [6, 6.07) is 8.28. The second-order valence-corrected chi connectivity index (χ2v) is 4.15. The lowest BCUT2D eigenvalue weighted by Crippen LogP contribution is -2.02. The van der Waals surface area contributed by atoms with E-state index in [0.29, 0.717) is 0 Å². The highest BCUT2D eigenvalue weighted by Gasteiger charge is 2.13. The average molecular weight is 196 g/mol. The van der Waals surface area contributed by atoms with Crippen molar-refractivity contribution < 1.29 is 0 Å². The molecule has 0 saturated carbocycles. The second-order valence-electron chi connectivity index (χ2n) is 4.15. The van der Waals surface area contributed by atoms with Gasteiger partial charge in [-0.25, -0.2) is 0 Å². The smallest absolute Gasteiger partial charge is 0.0992 e. The Hall–Kier alpha value is -1.75. The van der Waals surface area contributed by atoms with Gasteiger partial charge in [-0.2, -0.15) is 5.26 Å². The fourth-order valence-corrected chi connectivity index (χ4v) is 2.47. The molecule has 0 radical (unpaired) electrons. The van der Waals surface area contributed by atoms with Crippen molar-refractivity contribution in [3.8, 4) is 6.07 Å². The van der Waals surface area contributed by atoms with Crippen LogP contribution in [-0.4, -0.2) is 4.40 Å². The molecule has 1 aliphatic carbocycles. The third kappa shape index (κ3) is 1.24. The van der Waals surface area contributed by atoms with E-state index < -0.39 is 0 Å². The van der Waals surface area contributed by atoms with Gasteiger partial charge in [0.15, 0.2) is 0 Å². The molecule has 0 atom stereocenters. The molecule has 74 valence electrons. The molecule has 3 rings (SSSR count). The molecule has 0 saturated heterocycles. The van der Waals surface area contributed by atoms with Crippen molar-refractivity contribution >= 4 is 5.52 Å². The molecule has 2 aromatic rings. The van der Waals surface area contributed by atoms with Crippen LogP contribution >= 0.6 is 0 Å². The van der Waals surface area contributed by atoms with E-state index in [-0.39, 0.29) is 0 Å². The van der Waals surface area contributed by atoms with Gasteiger partial charge in [0.1, 0.15) is 0 Å². The Morgan fingerprint density at radius 1 is 1.20 bits per heavy atom. The molecule has 2 heterocycles. The quantitative estimate of drug-likeness (QED) is 0.636. The van der Waals surface area contributed by atoms with Gasteiger partial charge in [0.25, 0.3) is 0 Å². The van der Waals surface area contributed by atoms with Crippen molar-refractivity contribution in [1.82, 2.24) is 4.40 Å². The molecule has 0 spiro atoms. The number of nitriles is 1. The van der Waals surface area contributed by atoms with Crippen molar-refractivity contribution in [2.45, 2.75) is 25.7 Å². The minimum atomic E-state index is 0.748. The van der Waals surface area contributed by atoms with Gasteiger partial charge in [0, 0.05) is 17.4 Å². The third-order valence-electron chi connectivity index (χ3n) is 3.21. The van der Waals surface area contributed by atoms with Crippen LogP contribution in [-0.2, 0) is 12.8 Å². The molecular formula is C13H12N2. The fraction of sp³-hybridized carbons (Fsp3) is 0.308. The van der Waals surface area contributed by atoms with E-state index in [0.717, 1.165) is 5.56 Å². The number of fused-ring (bicyclic) bond motifs is 3. The summed E-state index contributed by atoms with van der Waals surface area (Å²) < 4.78 is 2.23. The molecule has 2 heteroatoms. The summed E-state index contributed by atoms with van der Waals surface area (Å²) >= 11 is 0. The molecule has 0 aromatic carbocycles. The minimum Gasteiger partial charge on any atom is -0.321 e. The molecule has 0 bridgehead atoms. The summed E-state index contributed by atoms with van der Waals surface area (Å²) in [5, 5.41) is 8.84. The number of rotatable bonds is 0. The van der Waals surface area contributed by atoms with Crippen molar-refractivity contribution in [3.05, 3.63) is 41.2 Å². The van der Waals surface area contributed by atoms with E-state index in [1.807, 2.05) is 18.3 Å². The zero-order chi connectivity index (χ0) is 10.3. The summed E-state index contributed by atoms with van der Waals surface area (Å²) in [6.45, 7) is 0. The summed E-state index contributed by atoms with van der Waals surface area (Å²) in [6.07, 6.45) is 6.99. The number of hydrogen-bond acceptors (Lipinski definition) is 1. The van der Waals surface area contributed by atoms with Crippen LogP contribution in [0.5, 0.6) is 0 Å². The number of nitrogens with zero attached hydrogens (tertiary/aromatic N) is 2. The number of aryl methyl sites for hydroxylation is 2. The fourth-order valence-electron chi connectivity index (χ4n) is 2.47. The van der Waals surface area contributed by atoms with Crippen LogP contribution in [0.1, 0.15) is 29.7 Å². The first-order valence-corrected chi connectivity index (χ1v) is 5.41. The minimum absolute atomic E-state index is 0.748. The third-order valence-corrected chi connectivity index (χ3v) is 3.21. The SMILES string of the molecule is N#Cc1ccn2c3c(cc2c1)CCCC3. The Bertz CT molecular complexity index is 558. The maximum atomic E-state index is 8.84. The summed E-state index contributed by atoms with van der Waals surface area (Å²) in [5.41, 5.74) is 4.83. The largest absolute Gasteiger partial charge is 0.321 e. The molecule has 1 aliphatic rings. The summed E-state index contributed by atoms with van der Waals surface area (Å²) in [4.78, 5) is 0. The molecule has 0 fully saturated rings. The van der Waals surface area contributed by atoms with Crippen LogP contribution in [0.3, 0.4) is 0 Å². The zero-order valence-electron chi connectivity index (χ0n) is 8.53. The Balaban J connectivity index is 2.28. The molecule has 0 unspecified atom stereocenters. The number of pyridine rings is 1. The Morgan fingerprint density at radius 3 is 2.93 bits per heavy atom. The first kappa shape index (κ1) is 8.55. The van der Waals surface area contributed by atoms with Gasteiger partial charge in [0.05, 0.1) is 11.6 Å². The van der Waals surface area contributed by atoms with Crippen molar-refractivity contribution in [2.24, 2.45) is 0 Å². The van der Waals surface area contributed by atoms with Gasteiger partial charge in [-0.1, -0.05) is 0 Å². The van der Waals surface area contributed by atoms with E-state index in [1.165, 1.54) is 42.5 Å². The molecule has 0 N–H and O–H groups in total. The Kier molecular flexibility index (Phi) is 1.78. The van der Waals surface area contributed by atoms with E-state index in [4.69, 9.17) is 5.26 Å². The number of hydrogen-bond donors (Lipinski definition) is 0.